The Morgan fingerprint density at radius 3 is 2.52 bits per heavy atom. The van der Waals surface area contributed by atoms with Gasteiger partial charge in [-0.2, -0.15) is 0 Å². The van der Waals surface area contributed by atoms with E-state index in [1.54, 1.807) is 6.20 Å². The molecule has 0 aliphatic carbocycles. The van der Waals surface area contributed by atoms with Crippen LogP contribution < -0.4 is 10.1 Å². The van der Waals surface area contributed by atoms with E-state index in [9.17, 15) is 0 Å². The van der Waals surface area contributed by atoms with E-state index in [-0.39, 0.29) is 12.4 Å². The smallest absolute Gasteiger partial charge is 0.120 e. The largest absolute Gasteiger partial charge is 0.489 e. The summed E-state index contributed by atoms with van der Waals surface area (Å²) < 4.78 is 5.86. The van der Waals surface area contributed by atoms with Gasteiger partial charge in [-0.25, -0.2) is 0 Å². The Bertz CT molecular complexity index is 781. The summed E-state index contributed by atoms with van der Waals surface area (Å²) in [7, 11) is 0. The van der Waals surface area contributed by atoms with Crippen molar-refractivity contribution in [3.05, 3.63) is 94.8 Å². The fraction of sp³-hybridized carbons (Fsp3) is 0.150. The predicted octanol–water partition coefficient (Wildman–Crippen LogP) is 5.03. The molecule has 0 spiro atoms. The zero-order valence-electron chi connectivity index (χ0n) is 13.7. The lowest BCUT2D eigenvalue weighted by Crippen LogP contribution is -2.12. The van der Waals surface area contributed by atoms with Crippen LogP contribution in [0.1, 0.15) is 16.7 Å². The Morgan fingerprint density at radius 1 is 0.920 bits per heavy atom. The summed E-state index contributed by atoms with van der Waals surface area (Å²) in [6, 6.07) is 19.8. The lowest BCUT2D eigenvalue weighted by atomic mass is 10.2. The number of hydrogen-bond donors (Lipinski definition) is 1. The number of aromatic nitrogens is 1. The molecule has 3 aromatic rings. The summed E-state index contributed by atoms with van der Waals surface area (Å²) in [5.74, 6) is 0.843. The van der Waals surface area contributed by atoms with Crippen molar-refractivity contribution < 1.29 is 4.74 Å². The van der Waals surface area contributed by atoms with E-state index in [1.807, 2.05) is 54.7 Å². The van der Waals surface area contributed by atoms with E-state index in [0.29, 0.717) is 6.61 Å². The molecule has 0 amide bonds. The Kier molecular flexibility index (Phi) is 7.74. The summed E-state index contributed by atoms with van der Waals surface area (Å²) in [6.07, 6.45) is 3.65. The maximum atomic E-state index is 6.15. The number of pyridine rings is 1. The van der Waals surface area contributed by atoms with E-state index in [4.69, 9.17) is 16.3 Å². The molecule has 0 aliphatic heterocycles. The van der Waals surface area contributed by atoms with Gasteiger partial charge in [0.2, 0.25) is 0 Å². The molecule has 0 aliphatic rings. The Labute approximate surface area is 159 Å². The Morgan fingerprint density at radius 2 is 1.72 bits per heavy atom. The highest BCUT2D eigenvalue weighted by Crippen LogP contribution is 2.19. The third-order valence-corrected chi connectivity index (χ3v) is 4.00. The fourth-order valence-electron chi connectivity index (χ4n) is 2.38. The molecule has 1 heterocycles. The summed E-state index contributed by atoms with van der Waals surface area (Å²) in [6.45, 7) is 2.03. The molecule has 5 heteroatoms. The molecule has 0 unspecified atom stereocenters. The van der Waals surface area contributed by atoms with E-state index in [0.717, 1.165) is 29.4 Å². The van der Waals surface area contributed by atoms with Crippen molar-refractivity contribution >= 4 is 24.0 Å². The average Bonchev–Trinajstić information content (AvgIpc) is 2.62. The number of halogens is 2. The van der Waals surface area contributed by atoms with E-state index < -0.39 is 0 Å². The maximum Gasteiger partial charge on any atom is 0.120 e. The minimum Gasteiger partial charge on any atom is -0.489 e. The molecule has 1 aromatic heterocycles. The van der Waals surface area contributed by atoms with Gasteiger partial charge in [0.1, 0.15) is 12.4 Å². The van der Waals surface area contributed by atoms with Crippen LogP contribution in [0.4, 0.5) is 0 Å². The molecule has 0 saturated heterocycles. The molecule has 130 valence electrons. The molecular formula is C20H20Cl2N2O. The van der Waals surface area contributed by atoms with Crippen LogP contribution in [0.15, 0.2) is 73.1 Å². The number of ether oxygens (including phenoxy) is 1. The Hall–Kier alpha value is -2.07. The summed E-state index contributed by atoms with van der Waals surface area (Å²) >= 11 is 6.15. The topological polar surface area (TPSA) is 34.1 Å². The summed E-state index contributed by atoms with van der Waals surface area (Å²) in [5, 5.41) is 4.14. The van der Waals surface area contributed by atoms with Gasteiger partial charge in [0, 0.05) is 36.1 Å². The van der Waals surface area contributed by atoms with Crippen LogP contribution in [0.2, 0.25) is 5.02 Å². The van der Waals surface area contributed by atoms with Crippen LogP contribution in [-0.2, 0) is 19.7 Å². The quantitative estimate of drug-likeness (QED) is 0.629. The average molecular weight is 375 g/mol. The molecule has 1 N–H and O–H groups in total. The van der Waals surface area contributed by atoms with E-state index in [1.165, 1.54) is 11.1 Å². The van der Waals surface area contributed by atoms with Crippen molar-refractivity contribution in [2.24, 2.45) is 0 Å². The number of rotatable bonds is 7. The van der Waals surface area contributed by atoms with Gasteiger partial charge in [-0.1, -0.05) is 48.0 Å². The normalized spacial score (nSPS) is 10.1. The van der Waals surface area contributed by atoms with Gasteiger partial charge in [-0.3, -0.25) is 4.98 Å². The molecule has 3 rings (SSSR count). The van der Waals surface area contributed by atoms with Crippen LogP contribution in [0.3, 0.4) is 0 Å². The minimum absolute atomic E-state index is 0. The maximum absolute atomic E-state index is 6.15. The molecule has 0 bridgehead atoms. The molecule has 0 saturated carbocycles. The number of hydrogen-bond acceptors (Lipinski definition) is 3. The third kappa shape index (κ3) is 6.05. The first kappa shape index (κ1) is 19.3. The van der Waals surface area contributed by atoms with Crippen molar-refractivity contribution in [1.82, 2.24) is 10.3 Å². The van der Waals surface area contributed by atoms with Gasteiger partial charge in [0.15, 0.2) is 0 Å². The highest BCUT2D eigenvalue weighted by molar-refractivity contribution is 6.31. The van der Waals surface area contributed by atoms with Crippen molar-refractivity contribution in [2.75, 3.05) is 0 Å². The van der Waals surface area contributed by atoms with E-state index >= 15 is 0 Å². The number of benzene rings is 2. The van der Waals surface area contributed by atoms with Crippen molar-refractivity contribution in [3.8, 4) is 5.75 Å². The molecule has 25 heavy (non-hydrogen) atoms. The van der Waals surface area contributed by atoms with Crippen molar-refractivity contribution in [2.45, 2.75) is 19.7 Å². The van der Waals surface area contributed by atoms with Gasteiger partial charge in [-0.05, 0) is 35.4 Å². The van der Waals surface area contributed by atoms with Crippen LogP contribution in [-0.4, -0.2) is 4.98 Å². The highest BCUT2D eigenvalue weighted by atomic mass is 35.5. The molecular weight excluding hydrogens is 355 g/mol. The molecule has 0 fully saturated rings. The van der Waals surface area contributed by atoms with Gasteiger partial charge in [-0.15, -0.1) is 12.4 Å². The second kappa shape index (κ2) is 10.0. The molecule has 0 atom stereocenters. The van der Waals surface area contributed by atoms with E-state index in [2.05, 4.69) is 22.4 Å². The zero-order chi connectivity index (χ0) is 16.6. The van der Waals surface area contributed by atoms with Gasteiger partial charge in [0.25, 0.3) is 0 Å². The second-order valence-corrected chi connectivity index (χ2v) is 5.90. The van der Waals surface area contributed by atoms with Gasteiger partial charge >= 0.3 is 0 Å². The predicted molar refractivity (Wildman–Crippen MR) is 104 cm³/mol. The summed E-state index contributed by atoms with van der Waals surface area (Å²) in [5.41, 5.74) is 3.33. The minimum atomic E-state index is 0. The highest BCUT2D eigenvalue weighted by Gasteiger charge is 2.02. The number of nitrogens with zero attached hydrogens (tertiary/aromatic N) is 1. The third-order valence-electron chi connectivity index (χ3n) is 3.63. The van der Waals surface area contributed by atoms with Gasteiger partial charge < -0.3 is 10.1 Å². The monoisotopic (exact) mass is 374 g/mol. The molecule has 2 aromatic carbocycles. The lowest BCUT2D eigenvalue weighted by molar-refractivity contribution is 0.306. The molecule has 3 nitrogen and oxygen atoms in total. The van der Waals surface area contributed by atoms with Crippen molar-refractivity contribution in [3.63, 3.8) is 0 Å². The SMILES string of the molecule is Cl.Clc1ccccc1COc1cccc(CNCc2cccnc2)c1. The first-order valence-electron chi connectivity index (χ1n) is 7.86. The lowest BCUT2D eigenvalue weighted by Gasteiger charge is -2.10. The van der Waals surface area contributed by atoms with Crippen LogP contribution in [0.5, 0.6) is 5.75 Å². The van der Waals surface area contributed by atoms with Crippen molar-refractivity contribution in [1.29, 1.82) is 0 Å². The van der Waals surface area contributed by atoms with Crippen LogP contribution in [0.25, 0.3) is 0 Å². The standard InChI is InChI=1S/C20H19ClN2O.ClH/c21-20-9-2-1-7-18(20)15-24-19-8-3-5-16(11-19)12-23-14-17-6-4-10-22-13-17;/h1-11,13,23H,12,14-15H2;1H. The fourth-order valence-corrected chi connectivity index (χ4v) is 2.57. The van der Waals surface area contributed by atoms with Crippen LogP contribution in [0, 0.1) is 0 Å². The van der Waals surface area contributed by atoms with Crippen LogP contribution >= 0.6 is 24.0 Å². The number of nitrogens with one attached hydrogen (secondary N) is 1. The zero-order valence-corrected chi connectivity index (χ0v) is 15.3. The molecule has 0 radical (unpaired) electrons. The first-order chi connectivity index (χ1) is 11.8. The Balaban J connectivity index is 0.00000225. The first-order valence-corrected chi connectivity index (χ1v) is 8.24. The van der Waals surface area contributed by atoms with Gasteiger partial charge in [0.05, 0.1) is 0 Å². The second-order valence-electron chi connectivity index (χ2n) is 5.49. The summed E-state index contributed by atoms with van der Waals surface area (Å²) in [4.78, 5) is 4.11.